The first kappa shape index (κ1) is 17.0. The topological polar surface area (TPSA) is 50.7 Å². The van der Waals surface area contributed by atoms with Gasteiger partial charge in [-0.05, 0) is 48.2 Å². The fourth-order valence-electron chi connectivity index (χ4n) is 1.99. The van der Waals surface area contributed by atoms with Crippen molar-refractivity contribution in [1.29, 1.82) is 0 Å². The summed E-state index contributed by atoms with van der Waals surface area (Å²) in [6.07, 6.45) is 2.58. The summed E-state index contributed by atoms with van der Waals surface area (Å²) < 4.78 is 0. The molecule has 120 valence electrons. The van der Waals surface area contributed by atoms with Crippen LogP contribution >= 0.6 is 11.6 Å². The van der Waals surface area contributed by atoms with Crippen LogP contribution in [0.1, 0.15) is 23.6 Å². The molecular formula is C18H19ClN2O2. The number of hydrogen-bond acceptors (Lipinski definition) is 3. The summed E-state index contributed by atoms with van der Waals surface area (Å²) in [7, 11) is 0. The molecule has 5 heteroatoms. The minimum atomic E-state index is -0.270. The van der Waals surface area contributed by atoms with E-state index in [0.717, 1.165) is 17.5 Å². The quantitative estimate of drug-likeness (QED) is 0.637. The zero-order valence-corrected chi connectivity index (χ0v) is 13.9. The highest BCUT2D eigenvalue weighted by molar-refractivity contribution is 6.30. The van der Waals surface area contributed by atoms with Gasteiger partial charge in [0, 0.05) is 10.7 Å². The lowest BCUT2D eigenvalue weighted by atomic mass is 10.1. The summed E-state index contributed by atoms with van der Waals surface area (Å²) in [5.74, 6) is -0.270. The first-order chi connectivity index (χ1) is 11.1. The van der Waals surface area contributed by atoms with E-state index in [0.29, 0.717) is 10.7 Å². The number of carbonyl (C=O) groups is 1. The molecule has 0 bridgehead atoms. The SMILES string of the molecule is CCc1ccc(/C=N\OCC(=O)Nc2ccc(Cl)cc2C)cc1. The maximum absolute atomic E-state index is 11.8. The third-order valence-electron chi connectivity index (χ3n) is 3.32. The van der Waals surface area contributed by atoms with Crippen molar-refractivity contribution < 1.29 is 9.63 Å². The average molecular weight is 331 g/mol. The molecule has 0 heterocycles. The van der Waals surface area contributed by atoms with E-state index in [9.17, 15) is 4.79 Å². The van der Waals surface area contributed by atoms with Gasteiger partial charge in [0.15, 0.2) is 6.61 Å². The summed E-state index contributed by atoms with van der Waals surface area (Å²) in [4.78, 5) is 16.8. The fraction of sp³-hybridized carbons (Fsp3) is 0.222. The Hall–Kier alpha value is -2.33. The number of oxime groups is 1. The molecule has 23 heavy (non-hydrogen) atoms. The molecule has 0 unspecified atom stereocenters. The van der Waals surface area contributed by atoms with Crippen LogP contribution in [0.3, 0.4) is 0 Å². The van der Waals surface area contributed by atoms with E-state index in [1.54, 1.807) is 24.4 Å². The Morgan fingerprint density at radius 2 is 2.00 bits per heavy atom. The van der Waals surface area contributed by atoms with Gasteiger partial charge >= 0.3 is 0 Å². The maximum Gasteiger partial charge on any atom is 0.265 e. The average Bonchev–Trinajstić information content (AvgIpc) is 2.55. The second-order valence-electron chi connectivity index (χ2n) is 5.11. The Kier molecular flexibility index (Phi) is 6.18. The molecule has 2 rings (SSSR count). The van der Waals surface area contributed by atoms with Crippen molar-refractivity contribution in [2.75, 3.05) is 11.9 Å². The predicted molar refractivity (Wildman–Crippen MR) is 94.2 cm³/mol. The van der Waals surface area contributed by atoms with Crippen LogP contribution < -0.4 is 5.32 Å². The van der Waals surface area contributed by atoms with Crippen molar-refractivity contribution in [3.8, 4) is 0 Å². The van der Waals surface area contributed by atoms with Crippen LogP contribution in [0.15, 0.2) is 47.6 Å². The number of anilines is 1. The van der Waals surface area contributed by atoms with Gasteiger partial charge in [0.25, 0.3) is 5.91 Å². The number of benzene rings is 2. The van der Waals surface area contributed by atoms with Crippen LogP contribution in [0, 0.1) is 6.92 Å². The van der Waals surface area contributed by atoms with Crippen LogP contribution in [-0.4, -0.2) is 18.7 Å². The first-order valence-electron chi connectivity index (χ1n) is 7.38. The van der Waals surface area contributed by atoms with Gasteiger partial charge in [-0.3, -0.25) is 4.79 Å². The van der Waals surface area contributed by atoms with Crippen molar-refractivity contribution in [1.82, 2.24) is 0 Å². The van der Waals surface area contributed by atoms with Gasteiger partial charge in [0.05, 0.1) is 6.21 Å². The molecule has 0 spiro atoms. The number of amides is 1. The van der Waals surface area contributed by atoms with E-state index in [4.69, 9.17) is 16.4 Å². The van der Waals surface area contributed by atoms with Crippen LogP contribution in [-0.2, 0) is 16.1 Å². The Balaban J connectivity index is 1.80. The maximum atomic E-state index is 11.8. The minimum absolute atomic E-state index is 0.147. The Morgan fingerprint density at radius 3 is 2.65 bits per heavy atom. The summed E-state index contributed by atoms with van der Waals surface area (Å²) in [5.41, 5.74) is 3.80. The number of halogens is 1. The molecular weight excluding hydrogens is 312 g/mol. The molecule has 1 amide bonds. The van der Waals surface area contributed by atoms with E-state index in [2.05, 4.69) is 17.4 Å². The number of nitrogens with one attached hydrogen (secondary N) is 1. The number of rotatable bonds is 6. The molecule has 0 aliphatic rings. The van der Waals surface area contributed by atoms with Gasteiger partial charge in [-0.1, -0.05) is 47.9 Å². The molecule has 0 aromatic heterocycles. The fourth-order valence-corrected chi connectivity index (χ4v) is 2.21. The molecule has 0 fully saturated rings. The Morgan fingerprint density at radius 1 is 1.26 bits per heavy atom. The largest absolute Gasteiger partial charge is 0.386 e. The smallest absolute Gasteiger partial charge is 0.265 e. The lowest BCUT2D eigenvalue weighted by Crippen LogP contribution is -2.17. The summed E-state index contributed by atoms with van der Waals surface area (Å²) in [5, 5.41) is 7.20. The second kappa shape index (κ2) is 8.34. The normalized spacial score (nSPS) is 10.7. The van der Waals surface area contributed by atoms with Crippen LogP contribution in [0.4, 0.5) is 5.69 Å². The lowest BCUT2D eigenvalue weighted by molar-refractivity contribution is -0.120. The molecule has 2 aromatic rings. The van der Waals surface area contributed by atoms with E-state index >= 15 is 0 Å². The summed E-state index contributed by atoms with van der Waals surface area (Å²) in [6, 6.07) is 13.3. The molecule has 0 atom stereocenters. The van der Waals surface area contributed by atoms with Crippen molar-refractivity contribution >= 4 is 29.4 Å². The highest BCUT2D eigenvalue weighted by Gasteiger charge is 2.05. The Labute approximate surface area is 141 Å². The van der Waals surface area contributed by atoms with Gasteiger partial charge in [-0.25, -0.2) is 0 Å². The minimum Gasteiger partial charge on any atom is -0.386 e. The molecule has 0 radical (unpaired) electrons. The molecule has 0 saturated heterocycles. The molecule has 2 aromatic carbocycles. The van der Waals surface area contributed by atoms with Crippen LogP contribution in [0.25, 0.3) is 0 Å². The second-order valence-corrected chi connectivity index (χ2v) is 5.55. The number of carbonyl (C=O) groups excluding carboxylic acids is 1. The van der Waals surface area contributed by atoms with Gasteiger partial charge in [0.2, 0.25) is 0 Å². The van der Waals surface area contributed by atoms with Gasteiger partial charge in [-0.2, -0.15) is 0 Å². The molecule has 0 saturated carbocycles. The zero-order chi connectivity index (χ0) is 16.7. The highest BCUT2D eigenvalue weighted by atomic mass is 35.5. The summed E-state index contributed by atoms with van der Waals surface area (Å²) >= 11 is 5.88. The van der Waals surface area contributed by atoms with Gasteiger partial charge in [-0.15, -0.1) is 0 Å². The van der Waals surface area contributed by atoms with E-state index in [1.165, 1.54) is 5.56 Å². The standard InChI is InChI=1S/C18H19ClN2O2/c1-3-14-4-6-15(7-5-14)11-20-23-12-18(22)21-17-9-8-16(19)10-13(17)2/h4-11H,3,12H2,1-2H3,(H,21,22)/b20-11-. The van der Waals surface area contributed by atoms with Crippen molar-refractivity contribution in [3.05, 3.63) is 64.2 Å². The van der Waals surface area contributed by atoms with E-state index in [1.807, 2.05) is 31.2 Å². The van der Waals surface area contributed by atoms with E-state index in [-0.39, 0.29) is 12.5 Å². The van der Waals surface area contributed by atoms with E-state index < -0.39 is 0 Å². The third-order valence-corrected chi connectivity index (χ3v) is 3.56. The molecule has 4 nitrogen and oxygen atoms in total. The lowest BCUT2D eigenvalue weighted by Gasteiger charge is -2.07. The number of hydrogen-bond donors (Lipinski definition) is 1. The van der Waals surface area contributed by atoms with Crippen LogP contribution in [0.5, 0.6) is 0 Å². The van der Waals surface area contributed by atoms with Crippen molar-refractivity contribution in [2.24, 2.45) is 5.16 Å². The highest BCUT2D eigenvalue weighted by Crippen LogP contribution is 2.19. The predicted octanol–water partition coefficient (Wildman–Crippen LogP) is 4.20. The molecule has 1 N–H and O–H groups in total. The Bertz CT molecular complexity index is 697. The molecule has 0 aliphatic carbocycles. The van der Waals surface area contributed by atoms with Gasteiger partial charge < -0.3 is 10.2 Å². The van der Waals surface area contributed by atoms with Gasteiger partial charge in [0.1, 0.15) is 0 Å². The zero-order valence-electron chi connectivity index (χ0n) is 13.2. The number of aryl methyl sites for hydroxylation is 2. The van der Waals surface area contributed by atoms with Crippen molar-refractivity contribution in [3.63, 3.8) is 0 Å². The third kappa shape index (κ3) is 5.42. The summed E-state index contributed by atoms with van der Waals surface area (Å²) in [6.45, 7) is 3.83. The monoisotopic (exact) mass is 330 g/mol. The van der Waals surface area contributed by atoms with Crippen LogP contribution in [0.2, 0.25) is 5.02 Å². The first-order valence-corrected chi connectivity index (χ1v) is 7.76. The van der Waals surface area contributed by atoms with Crippen molar-refractivity contribution in [2.45, 2.75) is 20.3 Å². The number of nitrogens with zero attached hydrogens (tertiary/aromatic N) is 1. The molecule has 0 aliphatic heterocycles.